The highest BCUT2D eigenvalue weighted by molar-refractivity contribution is 8.00. The molecule has 0 aliphatic carbocycles. The van der Waals surface area contributed by atoms with E-state index in [9.17, 15) is 0 Å². The molecule has 3 aromatic rings. The lowest BCUT2D eigenvalue weighted by atomic mass is 10.1. The van der Waals surface area contributed by atoms with E-state index in [-0.39, 0.29) is 0 Å². The Morgan fingerprint density at radius 2 is 1.92 bits per heavy atom. The lowest BCUT2D eigenvalue weighted by Gasteiger charge is -2.05. The second kappa shape index (κ2) is 8.21. The van der Waals surface area contributed by atoms with Crippen molar-refractivity contribution in [1.29, 1.82) is 0 Å². The number of nitrogens with zero attached hydrogens (tertiary/aromatic N) is 2. The van der Waals surface area contributed by atoms with Gasteiger partial charge in [0.25, 0.3) is 0 Å². The van der Waals surface area contributed by atoms with Gasteiger partial charge in [-0.15, -0.1) is 10.2 Å². The van der Waals surface area contributed by atoms with Gasteiger partial charge in [0.2, 0.25) is 5.13 Å². The highest BCUT2D eigenvalue weighted by Gasteiger charge is 2.07. The Labute approximate surface area is 159 Å². The Kier molecular flexibility index (Phi) is 6.00. The average molecular weight is 396 g/mol. The molecule has 0 amide bonds. The number of anilines is 1. The molecule has 2 aromatic carbocycles. The van der Waals surface area contributed by atoms with Crippen molar-refractivity contribution in [2.45, 2.75) is 23.6 Å². The van der Waals surface area contributed by atoms with Crippen molar-refractivity contribution in [2.24, 2.45) is 0 Å². The largest absolute Gasteiger partial charge is 0.356 e. The minimum atomic E-state index is 0.590. The lowest BCUT2D eigenvalue weighted by Crippen LogP contribution is -1.99. The minimum Gasteiger partial charge on any atom is -0.356 e. The first-order chi connectivity index (χ1) is 11.6. The summed E-state index contributed by atoms with van der Waals surface area (Å²) in [5, 5.41) is 13.7. The van der Waals surface area contributed by atoms with Crippen molar-refractivity contribution >= 4 is 51.4 Å². The van der Waals surface area contributed by atoms with Crippen LogP contribution in [-0.4, -0.2) is 10.2 Å². The van der Waals surface area contributed by atoms with Crippen molar-refractivity contribution in [3.05, 3.63) is 69.2 Å². The van der Waals surface area contributed by atoms with Crippen molar-refractivity contribution in [3.63, 3.8) is 0 Å². The van der Waals surface area contributed by atoms with Gasteiger partial charge >= 0.3 is 0 Å². The topological polar surface area (TPSA) is 37.8 Å². The van der Waals surface area contributed by atoms with Crippen LogP contribution in [0.25, 0.3) is 0 Å². The summed E-state index contributed by atoms with van der Waals surface area (Å²) in [7, 11) is 0. The Bertz CT molecular complexity index is 836. The standard InChI is InChI=1S/C17H15Cl2N3S2/c1-11-4-2-3-5-13(11)10-23-17-22-21-16(24-17)20-9-12-6-7-14(18)8-15(12)19/h2-8H,9-10H2,1H3,(H,20,21). The fourth-order valence-electron chi connectivity index (χ4n) is 2.09. The summed E-state index contributed by atoms with van der Waals surface area (Å²) in [4.78, 5) is 0. The molecule has 1 heterocycles. The highest BCUT2D eigenvalue weighted by atomic mass is 35.5. The minimum absolute atomic E-state index is 0.590. The maximum Gasteiger partial charge on any atom is 0.206 e. The fraction of sp³-hybridized carbons (Fsp3) is 0.176. The number of aryl methyl sites for hydroxylation is 1. The zero-order valence-electron chi connectivity index (χ0n) is 12.9. The van der Waals surface area contributed by atoms with Gasteiger partial charge in [-0.25, -0.2) is 0 Å². The molecule has 1 aromatic heterocycles. The molecule has 0 spiro atoms. The molecule has 7 heteroatoms. The number of hydrogen-bond donors (Lipinski definition) is 1. The smallest absolute Gasteiger partial charge is 0.206 e. The van der Waals surface area contributed by atoms with Gasteiger partial charge in [0.15, 0.2) is 4.34 Å². The maximum absolute atomic E-state index is 6.17. The molecule has 0 aliphatic rings. The monoisotopic (exact) mass is 395 g/mol. The quantitative estimate of drug-likeness (QED) is 0.514. The molecule has 24 heavy (non-hydrogen) atoms. The summed E-state index contributed by atoms with van der Waals surface area (Å²) in [6.45, 7) is 2.71. The number of halogens is 2. The normalized spacial score (nSPS) is 10.8. The summed E-state index contributed by atoms with van der Waals surface area (Å²) < 4.78 is 0.947. The molecule has 0 saturated carbocycles. The number of thioether (sulfide) groups is 1. The number of hydrogen-bond acceptors (Lipinski definition) is 5. The van der Waals surface area contributed by atoms with Crippen LogP contribution in [0.2, 0.25) is 10.0 Å². The van der Waals surface area contributed by atoms with Gasteiger partial charge in [0, 0.05) is 22.3 Å². The van der Waals surface area contributed by atoms with Crippen LogP contribution in [0.4, 0.5) is 5.13 Å². The molecule has 1 N–H and O–H groups in total. The van der Waals surface area contributed by atoms with E-state index in [2.05, 4.69) is 46.7 Å². The predicted molar refractivity (Wildman–Crippen MR) is 104 cm³/mol. The lowest BCUT2D eigenvalue weighted by molar-refractivity contribution is 0.995. The van der Waals surface area contributed by atoms with Crippen LogP contribution in [0, 0.1) is 6.92 Å². The molecule has 3 nitrogen and oxygen atoms in total. The third-order valence-electron chi connectivity index (χ3n) is 3.46. The highest BCUT2D eigenvalue weighted by Crippen LogP contribution is 2.30. The van der Waals surface area contributed by atoms with E-state index in [1.165, 1.54) is 11.1 Å². The molecule has 0 bridgehead atoms. The molecule has 0 unspecified atom stereocenters. The second-order valence-electron chi connectivity index (χ2n) is 5.18. The van der Waals surface area contributed by atoms with E-state index < -0.39 is 0 Å². The summed E-state index contributed by atoms with van der Waals surface area (Å²) in [5.74, 6) is 0.893. The molecule has 0 radical (unpaired) electrons. The molecular weight excluding hydrogens is 381 g/mol. The van der Waals surface area contributed by atoms with Crippen LogP contribution >= 0.6 is 46.3 Å². The van der Waals surface area contributed by atoms with Gasteiger partial charge in [-0.05, 0) is 35.7 Å². The van der Waals surface area contributed by atoms with Gasteiger partial charge in [-0.2, -0.15) is 0 Å². The van der Waals surface area contributed by atoms with E-state index in [1.54, 1.807) is 29.2 Å². The third kappa shape index (κ3) is 4.63. The van der Waals surface area contributed by atoms with Gasteiger partial charge in [0.1, 0.15) is 0 Å². The molecule has 124 valence electrons. The van der Waals surface area contributed by atoms with E-state index in [4.69, 9.17) is 23.2 Å². The second-order valence-corrected chi connectivity index (χ2v) is 8.22. The van der Waals surface area contributed by atoms with Gasteiger partial charge < -0.3 is 5.32 Å². The summed E-state index contributed by atoms with van der Waals surface area (Å²) in [5.41, 5.74) is 3.59. The number of nitrogens with one attached hydrogen (secondary N) is 1. The van der Waals surface area contributed by atoms with Crippen LogP contribution in [0.15, 0.2) is 46.8 Å². The molecule has 0 fully saturated rings. The number of rotatable bonds is 6. The summed E-state index contributed by atoms with van der Waals surface area (Å²) in [6, 6.07) is 13.9. The fourth-order valence-corrected chi connectivity index (χ4v) is 4.39. The molecule has 3 rings (SSSR count). The Morgan fingerprint density at radius 1 is 1.08 bits per heavy atom. The summed E-state index contributed by atoms with van der Waals surface area (Å²) in [6.07, 6.45) is 0. The van der Waals surface area contributed by atoms with E-state index >= 15 is 0 Å². The predicted octanol–water partition coefficient (Wildman–Crippen LogP) is 6.06. The first-order valence-electron chi connectivity index (χ1n) is 7.30. The average Bonchev–Trinajstić information content (AvgIpc) is 3.01. The van der Waals surface area contributed by atoms with Crippen molar-refractivity contribution < 1.29 is 0 Å². The van der Waals surface area contributed by atoms with Crippen LogP contribution in [0.5, 0.6) is 0 Å². The van der Waals surface area contributed by atoms with Gasteiger partial charge in [0.05, 0.1) is 0 Å². The van der Waals surface area contributed by atoms with Crippen molar-refractivity contribution in [2.75, 3.05) is 5.32 Å². The van der Waals surface area contributed by atoms with E-state index in [1.807, 2.05) is 12.1 Å². The maximum atomic E-state index is 6.17. The zero-order chi connectivity index (χ0) is 16.9. The summed E-state index contributed by atoms with van der Waals surface area (Å²) >= 11 is 15.3. The van der Waals surface area contributed by atoms with Crippen molar-refractivity contribution in [3.8, 4) is 0 Å². The Hall–Kier alpha value is -1.27. The van der Waals surface area contributed by atoms with Crippen LogP contribution < -0.4 is 5.32 Å². The zero-order valence-corrected chi connectivity index (χ0v) is 16.1. The van der Waals surface area contributed by atoms with Crippen LogP contribution in [-0.2, 0) is 12.3 Å². The third-order valence-corrected chi connectivity index (χ3v) is 6.11. The molecule has 0 atom stereocenters. The Morgan fingerprint density at radius 3 is 2.71 bits per heavy atom. The first kappa shape index (κ1) is 17.5. The van der Waals surface area contributed by atoms with Crippen LogP contribution in [0.1, 0.15) is 16.7 Å². The molecule has 0 aliphatic heterocycles. The van der Waals surface area contributed by atoms with E-state index in [0.717, 1.165) is 20.8 Å². The molecule has 0 saturated heterocycles. The van der Waals surface area contributed by atoms with Crippen molar-refractivity contribution in [1.82, 2.24) is 10.2 Å². The number of benzene rings is 2. The molecular formula is C17H15Cl2N3S2. The van der Waals surface area contributed by atoms with E-state index in [0.29, 0.717) is 16.6 Å². The SMILES string of the molecule is Cc1ccccc1CSc1nnc(NCc2ccc(Cl)cc2Cl)s1. The van der Waals surface area contributed by atoms with Gasteiger partial charge in [-0.3, -0.25) is 0 Å². The van der Waals surface area contributed by atoms with Gasteiger partial charge in [-0.1, -0.05) is 76.6 Å². The number of aromatic nitrogens is 2. The Balaban J connectivity index is 1.56. The van der Waals surface area contributed by atoms with Crippen LogP contribution in [0.3, 0.4) is 0 Å². The first-order valence-corrected chi connectivity index (χ1v) is 9.86.